The van der Waals surface area contributed by atoms with Crippen LogP contribution < -0.4 is 5.32 Å². The van der Waals surface area contributed by atoms with E-state index in [2.05, 4.69) is 34.5 Å². The Kier molecular flexibility index (Phi) is 4.94. The summed E-state index contributed by atoms with van der Waals surface area (Å²) in [6.07, 6.45) is 1.82. The summed E-state index contributed by atoms with van der Waals surface area (Å²) in [7, 11) is 0. The Morgan fingerprint density at radius 2 is 1.93 bits per heavy atom. The maximum absolute atomic E-state index is 13.4. The second-order valence-corrected chi connectivity index (χ2v) is 7.21. The molecule has 0 bridgehead atoms. The van der Waals surface area contributed by atoms with Gasteiger partial charge < -0.3 is 9.73 Å². The number of hydrogen-bond acceptors (Lipinski definition) is 3. The van der Waals surface area contributed by atoms with Crippen LogP contribution in [0.15, 0.2) is 52.9 Å². The summed E-state index contributed by atoms with van der Waals surface area (Å²) < 4.78 is 19.1. The summed E-state index contributed by atoms with van der Waals surface area (Å²) >= 11 is 0. The number of rotatable bonds is 4. The third kappa shape index (κ3) is 3.88. The summed E-state index contributed by atoms with van der Waals surface area (Å²) in [5.74, 6) is -0.267. The molecular formula is C22H23FN2O2. The Balaban J connectivity index is 1.36. The highest BCUT2D eigenvalue weighted by molar-refractivity contribution is 5.99. The molecule has 2 heterocycles. The lowest BCUT2D eigenvalue weighted by molar-refractivity contribution is 0.0882. The molecule has 27 heavy (non-hydrogen) atoms. The molecule has 1 amide bonds. The van der Waals surface area contributed by atoms with Crippen molar-refractivity contribution in [1.82, 2.24) is 10.2 Å². The molecule has 4 nitrogen and oxygen atoms in total. The molecule has 0 spiro atoms. The van der Waals surface area contributed by atoms with Crippen molar-refractivity contribution in [3.63, 3.8) is 0 Å². The summed E-state index contributed by atoms with van der Waals surface area (Å²) in [4.78, 5) is 15.1. The van der Waals surface area contributed by atoms with E-state index < -0.39 is 0 Å². The van der Waals surface area contributed by atoms with Crippen LogP contribution >= 0.6 is 0 Å². The molecule has 0 radical (unpaired) electrons. The van der Waals surface area contributed by atoms with E-state index in [0.29, 0.717) is 16.5 Å². The van der Waals surface area contributed by atoms with Crippen LogP contribution in [-0.2, 0) is 6.54 Å². The molecule has 1 saturated heterocycles. The molecule has 140 valence electrons. The summed E-state index contributed by atoms with van der Waals surface area (Å²) in [5, 5.41) is 3.73. The zero-order valence-electron chi connectivity index (χ0n) is 15.4. The molecule has 0 aliphatic carbocycles. The van der Waals surface area contributed by atoms with Crippen molar-refractivity contribution < 1.29 is 13.6 Å². The lowest BCUT2D eigenvalue weighted by Gasteiger charge is -2.32. The number of carbonyl (C=O) groups excluding carboxylic acids is 1. The Hall–Kier alpha value is -2.66. The van der Waals surface area contributed by atoms with Crippen LogP contribution in [0, 0.1) is 12.7 Å². The summed E-state index contributed by atoms with van der Waals surface area (Å²) in [6.45, 7) is 4.63. The van der Waals surface area contributed by atoms with Crippen LogP contribution in [0.25, 0.3) is 11.0 Å². The number of hydrogen-bond donors (Lipinski definition) is 1. The fourth-order valence-electron chi connectivity index (χ4n) is 3.74. The van der Waals surface area contributed by atoms with Gasteiger partial charge in [0.1, 0.15) is 11.4 Å². The zero-order valence-corrected chi connectivity index (χ0v) is 15.4. The number of furan rings is 1. The van der Waals surface area contributed by atoms with E-state index in [1.54, 1.807) is 13.0 Å². The fraction of sp³-hybridized carbons (Fsp3) is 0.318. The third-order valence-electron chi connectivity index (χ3n) is 5.28. The smallest absolute Gasteiger partial charge is 0.287 e. The Morgan fingerprint density at radius 3 is 2.67 bits per heavy atom. The van der Waals surface area contributed by atoms with Gasteiger partial charge in [-0.3, -0.25) is 9.69 Å². The molecular weight excluding hydrogens is 343 g/mol. The monoisotopic (exact) mass is 366 g/mol. The van der Waals surface area contributed by atoms with Gasteiger partial charge in [0.15, 0.2) is 5.76 Å². The van der Waals surface area contributed by atoms with Gasteiger partial charge in [0.2, 0.25) is 0 Å². The molecule has 0 unspecified atom stereocenters. The van der Waals surface area contributed by atoms with E-state index in [4.69, 9.17) is 4.42 Å². The molecule has 1 fully saturated rings. The molecule has 0 atom stereocenters. The molecule has 4 rings (SSSR count). The van der Waals surface area contributed by atoms with Gasteiger partial charge in [0.05, 0.1) is 0 Å². The van der Waals surface area contributed by atoms with E-state index in [9.17, 15) is 9.18 Å². The van der Waals surface area contributed by atoms with Crippen molar-refractivity contribution >= 4 is 16.9 Å². The largest absolute Gasteiger partial charge is 0.451 e. The normalized spacial score (nSPS) is 15.9. The van der Waals surface area contributed by atoms with Crippen LogP contribution in [0.5, 0.6) is 0 Å². The minimum Gasteiger partial charge on any atom is -0.451 e. The van der Waals surface area contributed by atoms with Gasteiger partial charge in [-0.25, -0.2) is 4.39 Å². The van der Waals surface area contributed by atoms with Crippen LogP contribution in [-0.4, -0.2) is 29.9 Å². The number of nitrogens with zero attached hydrogens (tertiary/aromatic N) is 1. The zero-order chi connectivity index (χ0) is 18.8. The highest BCUT2D eigenvalue weighted by atomic mass is 19.1. The number of fused-ring (bicyclic) bond motifs is 1. The molecule has 5 heteroatoms. The predicted molar refractivity (Wildman–Crippen MR) is 103 cm³/mol. The topological polar surface area (TPSA) is 45.5 Å². The molecule has 0 saturated carbocycles. The van der Waals surface area contributed by atoms with Crippen molar-refractivity contribution in [2.45, 2.75) is 32.4 Å². The number of likely N-dealkylation sites (tertiary alicyclic amines) is 1. The van der Waals surface area contributed by atoms with Crippen LogP contribution in [0.4, 0.5) is 4.39 Å². The van der Waals surface area contributed by atoms with Gasteiger partial charge in [-0.05, 0) is 43.5 Å². The number of aryl methyl sites for hydroxylation is 1. The lowest BCUT2D eigenvalue weighted by Crippen LogP contribution is -2.44. The number of nitrogens with one attached hydrogen (secondary N) is 1. The highest BCUT2D eigenvalue weighted by Gasteiger charge is 2.24. The van der Waals surface area contributed by atoms with Gasteiger partial charge in [-0.1, -0.05) is 30.3 Å². The maximum atomic E-state index is 13.4. The average molecular weight is 366 g/mol. The Bertz CT molecular complexity index is 944. The van der Waals surface area contributed by atoms with E-state index in [0.717, 1.165) is 32.5 Å². The van der Waals surface area contributed by atoms with E-state index >= 15 is 0 Å². The van der Waals surface area contributed by atoms with Gasteiger partial charge in [-0.2, -0.15) is 0 Å². The van der Waals surface area contributed by atoms with E-state index in [-0.39, 0.29) is 23.5 Å². The van der Waals surface area contributed by atoms with E-state index in [1.165, 1.54) is 17.7 Å². The van der Waals surface area contributed by atoms with Crippen molar-refractivity contribution in [1.29, 1.82) is 0 Å². The van der Waals surface area contributed by atoms with Crippen molar-refractivity contribution in [2.24, 2.45) is 0 Å². The van der Waals surface area contributed by atoms with Crippen molar-refractivity contribution in [3.8, 4) is 0 Å². The standard InChI is InChI=1S/C22H23FN2O2/c1-15-19-13-17(23)7-8-20(19)27-21(15)22(26)24-18-9-11-25(12-10-18)14-16-5-3-2-4-6-16/h2-8,13,18H,9-12,14H2,1H3,(H,24,26). The summed E-state index contributed by atoms with van der Waals surface area (Å²) in [5.41, 5.74) is 2.53. The van der Waals surface area contributed by atoms with Crippen molar-refractivity contribution in [3.05, 3.63) is 71.2 Å². The number of carbonyl (C=O) groups is 1. The van der Waals surface area contributed by atoms with Gasteiger partial charge in [0.25, 0.3) is 5.91 Å². The molecule has 1 N–H and O–H groups in total. The quantitative estimate of drug-likeness (QED) is 0.750. The molecule has 1 aromatic heterocycles. The number of amides is 1. The van der Waals surface area contributed by atoms with Gasteiger partial charge in [-0.15, -0.1) is 0 Å². The van der Waals surface area contributed by atoms with Crippen LogP contribution in [0.2, 0.25) is 0 Å². The first-order valence-corrected chi connectivity index (χ1v) is 9.36. The molecule has 1 aliphatic rings. The average Bonchev–Trinajstić information content (AvgIpc) is 3.00. The summed E-state index contributed by atoms with van der Waals surface area (Å²) in [6, 6.07) is 14.9. The first kappa shape index (κ1) is 17.7. The van der Waals surface area contributed by atoms with Crippen LogP contribution in [0.1, 0.15) is 34.5 Å². The Morgan fingerprint density at radius 1 is 1.19 bits per heavy atom. The first-order chi connectivity index (χ1) is 13.1. The SMILES string of the molecule is Cc1c(C(=O)NC2CCN(Cc3ccccc3)CC2)oc2ccc(F)cc12. The number of piperidine rings is 1. The predicted octanol–water partition coefficient (Wildman–Crippen LogP) is 4.27. The lowest BCUT2D eigenvalue weighted by atomic mass is 10.0. The van der Waals surface area contributed by atoms with E-state index in [1.807, 2.05) is 6.07 Å². The second kappa shape index (κ2) is 7.53. The Labute approximate surface area is 158 Å². The number of benzene rings is 2. The minimum atomic E-state index is -0.329. The molecule has 1 aliphatic heterocycles. The maximum Gasteiger partial charge on any atom is 0.287 e. The van der Waals surface area contributed by atoms with Crippen molar-refractivity contribution in [2.75, 3.05) is 13.1 Å². The first-order valence-electron chi connectivity index (χ1n) is 9.36. The molecule has 3 aromatic rings. The highest BCUT2D eigenvalue weighted by Crippen LogP contribution is 2.26. The third-order valence-corrected chi connectivity index (χ3v) is 5.28. The van der Waals surface area contributed by atoms with Gasteiger partial charge in [0, 0.05) is 36.6 Å². The molecule has 2 aromatic carbocycles. The second-order valence-electron chi connectivity index (χ2n) is 7.21. The number of halogens is 1. The minimum absolute atomic E-state index is 0.133. The van der Waals surface area contributed by atoms with Crippen LogP contribution in [0.3, 0.4) is 0 Å². The van der Waals surface area contributed by atoms with Gasteiger partial charge >= 0.3 is 0 Å². The fourth-order valence-corrected chi connectivity index (χ4v) is 3.74.